The Morgan fingerprint density at radius 1 is 1.29 bits per heavy atom. The third kappa shape index (κ3) is 1.61. The van der Waals surface area contributed by atoms with E-state index in [1.54, 1.807) is 12.5 Å². The number of imidazole rings is 1. The van der Waals surface area contributed by atoms with Crippen LogP contribution in [0.4, 0.5) is 5.69 Å². The number of carbonyl (C=O) groups excluding carboxylic acids is 2. The maximum Gasteiger partial charge on any atom is 0.292 e. The average Bonchev–Trinajstić information content (AvgIpc) is 2.83. The number of fused-ring (bicyclic) bond motifs is 1. The minimum atomic E-state index is -0.541. The summed E-state index contributed by atoms with van der Waals surface area (Å²) in [7, 11) is 0. The van der Waals surface area contributed by atoms with Crippen LogP contribution in [0.5, 0.6) is 0 Å². The largest absolute Gasteiger partial charge is 0.319 e. The molecule has 0 fully saturated rings. The lowest BCUT2D eigenvalue weighted by atomic mass is 10.0. The minimum Gasteiger partial charge on any atom is -0.319 e. The molecule has 17 heavy (non-hydrogen) atoms. The van der Waals surface area contributed by atoms with Crippen molar-refractivity contribution in [2.75, 3.05) is 5.32 Å². The van der Waals surface area contributed by atoms with Crippen LogP contribution in [0.15, 0.2) is 36.9 Å². The van der Waals surface area contributed by atoms with Gasteiger partial charge in [-0.2, -0.15) is 0 Å². The van der Waals surface area contributed by atoms with E-state index in [1.165, 1.54) is 0 Å². The predicted octanol–water partition coefficient (Wildman–Crippen LogP) is 0.936. The maximum atomic E-state index is 11.3. The first-order valence-corrected chi connectivity index (χ1v) is 5.19. The van der Waals surface area contributed by atoms with Crippen LogP contribution in [0.1, 0.15) is 5.56 Å². The van der Waals surface area contributed by atoms with Crippen molar-refractivity contribution in [1.29, 1.82) is 0 Å². The lowest BCUT2D eigenvalue weighted by Crippen LogP contribution is -2.29. The zero-order valence-electron chi connectivity index (χ0n) is 8.88. The van der Waals surface area contributed by atoms with Crippen molar-refractivity contribution < 1.29 is 9.59 Å². The van der Waals surface area contributed by atoms with Gasteiger partial charge < -0.3 is 9.88 Å². The Bertz CT molecular complexity index is 602. The monoisotopic (exact) mass is 227 g/mol. The summed E-state index contributed by atoms with van der Waals surface area (Å²) in [6.45, 7) is 0. The molecule has 0 spiro atoms. The summed E-state index contributed by atoms with van der Waals surface area (Å²) in [4.78, 5) is 26.5. The fraction of sp³-hybridized carbons (Fsp3) is 0.0833. The number of carbonyl (C=O) groups is 2. The van der Waals surface area contributed by atoms with E-state index in [0.29, 0.717) is 5.69 Å². The lowest BCUT2D eigenvalue weighted by Gasteiger charge is -2.16. The molecular weight excluding hydrogens is 218 g/mol. The second-order valence-corrected chi connectivity index (χ2v) is 3.87. The Balaban J connectivity index is 2.05. The van der Waals surface area contributed by atoms with Crippen LogP contribution in [-0.4, -0.2) is 21.2 Å². The maximum absolute atomic E-state index is 11.3. The van der Waals surface area contributed by atoms with Gasteiger partial charge in [-0.25, -0.2) is 4.98 Å². The molecule has 1 aliphatic rings. The Morgan fingerprint density at radius 2 is 2.18 bits per heavy atom. The standard InChI is InChI=1S/C12H9N3O2/c16-11-5-8-1-2-9(15-4-3-13-7-15)6-10(8)14-12(11)17/h1-4,6-7H,5H2,(H,14,17). The molecule has 0 atom stereocenters. The van der Waals surface area contributed by atoms with E-state index in [1.807, 2.05) is 29.0 Å². The number of nitrogens with one attached hydrogen (secondary N) is 1. The van der Waals surface area contributed by atoms with E-state index in [9.17, 15) is 9.59 Å². The van der Waals surface area contributed by atoms with E-state index < -0.39 is 11.7 Å². The quantitative estimate of drug-likeness (QED) is 0.737. The lowest BCUT2D eigenvalue weighted by molar-refractivity contribution is -0.134. The summed E-state index contributed by atoms with van der Waals surface area (Å²) in [6.07, 6.45) is 5.35. The first-order chi connectivity index (χ1) is 8.24. The molecular formula is C12H9N3O2. The SMILES string of the molecule is O=C1Cc2ccc(-n3ccnc3)cc2NC1=O. The highest BCUT2D eigenvalue weighted by Crippen LogP contribution is 2.24. The van der Waals surface area contributed by atoms with Crippen LogP contribution in [0, 0.1) is 0 Å². The van der Waals surface area contributed by atoms with Crippen LogP contribution < -0.4 is 5.32 Å². The second kappa shape index (κ2) is 3.55. The van der Waals surface area contributed by atoms with Gasteiger partial charge in [-0.05, 0) is 17.7 Å². The summed E-state index contributed by atoms with van der Waals surface area (Å²) in [5.74, 6) is -0.937. The molecule has 3 rings (SSSR count). The summed E-state index contributed by atoms with van der Waals surface area (Å²) in [6, 6.07) is 5.58. The predicted molar refractivity (Wildman–Crippen MR) is 60.9 cm³/mol. The second-order valence-electron chi connectivity index (χ2n) is 3.87. The third-order valence-corrected chi connectivity index (χ3v) is 2.75. The normalized spacial score (nSPS) is 14.4. The molecule has 1 N–H and O–H groups in total. The molecule has 5 heteroatoms. The van der Waals surface area contributed by atoms with Crippen LogP contribution in [0.3, 0.4) is 0 Å². The molecule has 0 saturated heterocycles. The molecule has 1 aromatic carbocycles. The molecule has 5 nitrogen and oxygen atoms in total. The van der Waals surface area contributed by atoms with Gasteiger partial charge in [0.2, 0.25) is 5.78 Å². The van der Waals surface area contributed by atoms with Gasteiger partial charge in [-0.1, -0.05) is 6.07 Å². The van der Waals surface area contributed by atoms with Crippen molar-refractivity contribution in [2.45, 2.75) is 6.42 Å². The topological polar surface area (TPSA) is 64.0 Å². The number of hydrogen-bond donors (Lipinski definition) is 1. The van der Waals surface area contributed by atoms with Crippen molar-refractivity contribution in [3.63, 3.8) is 0 Å². The minimum absolute atomic E-state index is 0.172. The Kier molecular flexibility index (Phi) is 2.04. The Labute approximate surface area is 97.1 Å². The number of rotatable bonds is 1. The number of benzene rings is 1. The number of aromatic nitrogens is 2. The van der Waals surface area contributed by atoms with E-state index in [2.05, 4.69) is 10.3 Å². The smallest absolute Gasteiger partial charge is 0.292 e. The Morgan fingerprint density at radius 3 is 2.94 bits per heavy atom. The van der Waals surface area contributed by atoms with Crippen LogP contribution in [0.2, 0.25) is 0 Å². The van der Waals surface area contributed by atoms with Crippen LogP contribution in [-0.2, 0) is 16.0 Å². The van der Waals surface area contributed by atoms with Gasteiger partial charge in [-0.3, -0.25) is 9.59 Å². The van der Waals surface area contributed by atoms with Crippen molar-refractivity contribution in [3.05, 3.63) is 42.5 Å². The molecule has 0 aliphatic carbocycles. The number of amides is 1. The third-order valence-electron chi connectivity index (χ3n) is 2.75. The number of ketones is 1. The summed E-state index contributed by atoms with van der Waals surface area (Å²) < 4.78 is 1.84. The van der Waals surface area contributed by atoms with Gasteiger partial charge in [0.05, 0.1) is 6.33 Å². The fourth-order valence-electron chi connectivity index (χ4n) is 1.85. The van der Waals surface area contributed by atoms with Gasteiger partial charge in [0.15, 0.2) is 0 Å². The van der Waals surface area contributed by atoms with Crippen molar-refractivity contribution in [1.82, 2.24) is 9.55 Å². The van der Waals surface area contributed by atoms with E-state index >= 15 is 0 Å². The molecule has 2 heterocycles. The molecule has 1 amide bonds. The van der Waals surface area contributed by atoms with Crippen molar-refractivity contribution in [3.8, 4) is 5.69 Å². The van der Waals surface area contributed by atoms with Gasteiger partial charge in [-0.15, -0.1) is 0 Å². The number of anilines is 1. The van der Waals surface area contributed by atoms with E-state index in [-0.39, 0.29) is 6.42 Å². The van der Waals surface area contributed by atoms with Gasteiger partial charge in [0, 0.05) is 30.2 Å². The first kappa shape index (κ1) is 9.77. The Hall–Kier alpha value is -2.43. The summed E-state index contributed by atoms with van der Waals surface area (Å²) >= 11 is 0. The molecule has 0 radical (unpaired) electrons. The molecule has 1 aromatic heterocycles. The van der Waals surface area contributed by atoms with Gasteiger partial charge in [0.1, 0.15) is 0 Å². The number of nitrogens with zero attached hydrogens (tertiary/aromatic N) is 2. The molecule has 0 unspecified atom stereocenters. The zero-order chi connectivity index (χ0) is 11.8. The zero-order valence-corrected chi connectivity index (χ0v) is 8.88. The van der Waals surface area contributed by atoms with Crippen molar-refractivity contribution >= 4 is 17.4 Å². The average molecular weight is 227 g/mol. The highest BCUT2D eigenvalue weighted by molar-refractivity contribution is 6.42. The summed E-state index contributed by atoms with van der Waals surface area (Å²) in [5.41, 5.74) is 2.44. The highest BCUT2D eigenvalue weighted by atomic mass is 16.2. The van der Waals surface area contributed by atoms with E-state index in [0.717, 1.165) is 11.3 Å². The molecule has 1 aliphatic heterocycles. The van der Waals surface area contributed by atoms with Crippen LogP contribution in [0.25, 0.3) is 5.69 Å². The molecule has 84 valence electrons. The number of Topliss-reactive ketones (excluding diaryl/α,β-unsaturated/α-hetero) is 1. The highest BCUT2D eigenvalue weighted by Gasteiger charge is 2.23. The molecule has 0 saturated carbocycles. The summed E-state index contributed by atoms with van der Waals surface area (Å²) in [5, 5.41) is 2.59. The van der Waals surface area contributed by atoms with Gasteiger partial charge in [0.25, 0.3) is 5.91 Å². The van der Waals surface area contributed by atoms with Crippen LogP contribution >= 0.6 is 0 Å². The first-order valence-electron chi connectivity index (χ1n) is 5.19. The van der Waals surface area contributed by atoms with Crippen molar-refractivity contribution in [2.24, 2.45) is 0 Å². The fourth-order valence-corrected chi connectivity index (χ4v) is 1.85. The van der Waals surface area contributed by atoms with E-state index in [4.69, 9.17) is 0 Å². The van der Waals surface area contributed by atoms with Gasteiger partial charge >= 0.3 is 0 Å². The molecule has 0 bridgehead atoms. The molecule has 2 aromatic rings. The number of hydrogen-bond acceptors (Lipinski definition) is 3.